The number of rotatable bonds is 4. The topological polar surface area (TPSA) is 85.6 Å². The number of nitrogens with zero attached hydrogens (tertiary/aromatic N) is 1. The van der Waals surface area contributed by atoms with Gasteiger partial charge in [0.15, 0.2) is 5.67 Å². The number of aliphatic hydroxyl groups excluding tert-OH is 3. The van der Waals surface area contributed by atoms with E-state index in [4.69, 9.17) is 5.11 Å². The van der Waals surface area contributed by atoms with Crippen LogP contribution in [0.15, 0.2) is 12.3 Å². The van der Waals surface area contributed by atoms with Crippen molar-refractivity contribution in [3.63, 3.8) is 0 Å². The van der Waals surface area contributed by atoms with Gasteiger partial charge in [0.05, 0.1) is 12.3 Å². The summed E-state index contributed by atoms with van der Waals surface area (Å²) in [5.41, 5.74) is -0.0103. The fourth-order valence-corrected chi connectivity index (χ4v) is 2.61. The highest BCUT2D eigenvalue weighted by molar-refractivity contribution is 5.30. The minimum absolute atomic E-state index is 0.377. The van der Waals surface area contributed by atoms with Gasteiger partial charge >= 0.3 is 0 Å². The van der Waals surface area contributed by atoms with Gasteiger partial charge in [0.25, 0.3) is 0 Å². The number of hydrogen-bond acceptors (Lipinski definition) is 5. The first-order chi connectivity index (χ1) is 9.48. The van der Waals surface area contributed by atoms with E-state index in [0.717, 1.165) is 0 Å². The van der Waals surface area contributed by atoms with E-state index in [1.165, 1.54) is 6.20 Å². The molecule has 0 radical (unpaired) electrons. The quantitative estimate of drug-likeness (QED) is 0.640. The largest absolute Gasteiger partial charge is 0.394 e. The average Bonchev–Trinajstić information content (AvgIpc) is 2.46. The number of aryl methyl sites for hydroxylation is 1. The summed E-state index contributed by atoms with van der Waals surface area (Å²) < 4.78 is 14.9. The Kier molecular flexibility index (Phi) is 4.70. The van der Waals surface area contributed by atoms with Crippen LogP contribution in [-0.2, 0) is 5.67 Å². The smallest absolute Gasteiger partial charge is 0.155 e. The van der Waals surface area contributed by atoms with E-state index in [9.17, 15) is 14.6 Å². The third-order valence-electron chi connectivity index (χ3n) is 3.81. The minimum Gasteiger partial charge on any atom is -0.394 e. The zero-order valence-electron chi connectivity index (χ0n) is 11.5. The normalized spacial score (nSPS) is 21.4. The third kappa shape index (κ3) is 2.98. The fourth-order valence-electron chi connectivity index (χ4n) is 2.61. The molecule has 20 heavy (non-hydrogen) atoms. The molecule has 0 spiro atoms. The average molecular weight is 284 g/mol. The Balaban J connectivity index is 2.25. The van der Waals surface area contributed by atoms with E-state index in [-0.39, 0.29) is 0 Å². The third-order valence-corrected chi connectivity index (χ3v) is 3.81. The highest BCUT2D eigenvalue weighted by atomic mass is 19.1. The highest BCUT2D eigenvalue weighted by Gasteiger charge is 2.36. The predicted molar refractivity (Wildman–Crippen MR) is 71.9 cm³/mol. The molecule has 5 nitrogen and oxygen atoms in total. The Morgan fingerprint density at radius 1 is 1.40 bits per heavy atom. The van der Waals surface area contributed by atoms with Crippen LogP contribution in [0.3, 0.4) is 0 Å². The number of aromatic nitrogens is 1. The van der Waals surface area contributed by atoms with E-state index in [1.807, 2.05) is 0 Å². The number of aliphatic hydroxyl groups is 3. The first-order valence-electron chi connectivity index (χ1n) is 6.81. The number of hydrogen-bond donors (Lipinski definition) is 4. The molecule has 2 heterocycles. The molecule has 0 saturated carbocycles. The first kappa shape index (κ1) is 15.3. The maximum absolute atomic E-state index is 14.9. The summed E-state index contributed by atoms with van der Waals surface area (Å²) >= 11 is 0. The van der Waals surface area contributed by atoms with Crippen LogP contribution in [0.5, 0.6) is 0 Å². The van der Waals surface area contributed by atoms with Gasteiger partial charge in [-0.3, -0.25) is 4.98 Å². The minimum atomic E-state index is -1.44. The van der Waals surface area contributed by atoms with Crippen LogP contribution in [0.1, 0.15) is 35.8 Å². The van der Waals surface area contributed by atoms with Crippen LogP contribution in [-0.4, -0.2) is 46.1 Å². The Morgan fingerprint density at radius 3 is 2.60 bits per heavy atom. The molecule has 2 rings (SSSR count). The van der Waals surface area contributed by atoms with Crippen molar-refractivity contribution < 1.29 is 19.7 Å². The molecule has 6 heteroatoms. The standard InChI is InChI=1S/C14H21FN2O3/c1-9-6-10(12(20)11(19)8-18)7-17-13(9)14(15)2-4-16-5-3-14/h6-7,11-12,16,18-20H,2-5,8H2,1H3/t11-,12-/m0/s1. The van der Waals surface area contributed by atoms with Crippen LogP contribution in [0, 0.1) is 6.92 Å². The maximum Gasteiger partial charge on any atom is 0.155 e. The Labute approximate surface area is 117 Å². The Bertz CT molecular complexity index is 464. The molecule has 0 unspecified atom stereocenters. The van der Waals surface area contributed by atoms with Crippen molar-refractivity contribution in [1.29, 1.82) is 0 Å². The number of pyridine rings is 1. The van der Waals surface area contributed by atoms with Crippen molar-refractivity contribution in [2.24, 2.45) is 0 Å². The SMILES string of the molecule is Cc1cc([C@H](O)[C@@H](O)CO)cnc1C1(F)CCNCC1. The lowest BCUT2D eigenvalue weighted by molar-refractivity contribution is -0.0155. The zero-order chi connectivity index (χ0) is 14.8. The molecule has 1 fully saturated rings. The van der Waals surface area contributed by atoms with Crippen LogP contribution in [0.2, 0.25) is 0 Å². The fraction of sp³-hybridized carbons (Fsp3) is 0.643. The first-order valence-corrected chi connectivity index (χ1v) is 6.81. The molecule has 1 aliphatic rings. The van der Waals surface area contributed by atoms with Crippen LogP contribution in [0.4, 0.5) is 4.39 Å². The molecular formula is C14H21FN2O3. The van der Waals surface area contributed by atoms with Crippen LogP contribution >= 0.6 is 0 Å². The van der Waals surface area contributed by atoms with Gasteiger partial charge in [-0.1, -0.05) is 0 Å². The van der Waals surface area contributed by atoms with Gasteiger partial charge in [-0.05, 0) is 44.5 Å². The molecule has 0 aliphatic carbocycles. The molecule has 4 N–H and O–H groups in total. The van der Waals surface area contributed by atoms with Crippen LogP contribution in [0.25, 0.3) is 0 Å². The van der Waals surface area contributed by atoms with Crippen molar-refractivity contribution >= 4 is 0 Å². The van der Waals surface area contributed by atoms with Gasteiger partial charge in [-0.25, -0.2) is 4.39 Å². The summed E-state index contributed by atoms with van der Waals surface area (Å²) in [6.45, 7) is 2.43. The lowest BCUT2D eigenvalue weighted by Crippen LogP contribution is -2.37. The van der Waals surface area contributed by atoms with Gasteiger partial charge in [0.1, 0.15) is 12.2 Å². The van der Waals surface area contributed by atoms with E-state index in [2.05, 4.69) is 10.3 Å². The van der Waals surface area contributed by atoms with Crippen LogP contribution < -0.4 is 5.32 Å². The molecule has 1 aromatic rings. The number of nitrogens with one attached hydrogen (secondary N) is 1. The monoisotopic (exact) mass is 284 g/mol. The summed E-state index contributed by atoms with van der Waals surface area (Å²) in [6, 6.07) is 1.62. The molecule has 0 amide bonds. The van der Waals surface area contributed by atoms with Gasteiger partial charge in [-0.15, -0.1) is 0 Å². The van der Waals surface area contributed by atoms with Gasteiger partial charge < -0.3 is 20.6 Å². The maximum atomic E-state index is 14.9. The predicted octanol–water partition coefficient (Wildman–Crippen LogP) is 0.325. The summed E-state index contributed by atoms with van der Waals surface area (Å²) in [5.74, 6) is 0. The van der Waals surface area contributed by atoms with Gasteiger partial charge in [-0.2, -0.15) is 0 Å². The summed E-state index contributed by atoms with van der Waals surface area (Å²) in [5, 5.41) is 31.2. The highest BCUT2D eigenvalue weighted by Crippen LogP contribution is 2.36. The zero-order valence-corrected chi connectivity index (χ0v) is 11.5. The van der Waals surface area contributed by atoms with Gasteiger partial charge in [0, 0.05) is 11.8 Å². The molecule has 0 aromatic carbocycles. The summed E-state index contributed by atoms with van der Waals surface area (Å²) in [7, 11) is 0. The molecular weight excluding hydrogens is 263 g/mol. The van der Waals surface area contributed by atoms with Crippen molar-refractivity contribution in [3.05, 3.63) is 29.1 Å². The van der Waals surface area contributed by atoms with Crippen molar-refractivity contribution in [2.45, 2.75) is 37.6 Å². The second-order valence-electron chi connectivity index (χ2n) is 5.34. The molecule has 112 valence electrons. The van der Waals surface area contributed by atoms with Gasteiger partial charge in [0.2, 0.25) is 0 Å². The Morgan fingerprint density at radius 2 is 2.05 bits per heavy atom. The van der Waals surface area contributed by atoms with E-state index in [0.29, 0.717) is 42.8 Å². The Hall–Kier alpha value is -1.08. The molecule has 0 bridgehead atoms. The van der Waals surface area contributed by atoms with Crippen molar-refractivity contribution in [2.75, 3.05) is 19.7 Å². The van der Waals surface area contributed by atoms with E-state index >= 15 is 0 Å². The molecule has 1 aromatic heterocycles. The second kappa shape index (κ2) is 6.13. The molecule has 1 saturated heterocycles. The molecule has 1 aliphatic heterocycles. The number of halogens is 1. The van der Waals surface area contributed by atoms with E-state index in [1.54, 1.807) is 13.0 Å². The summed E-state index contributed by atoms with van der Waals surface area (Å²) in [6.07, 6.45) is -0.358. The second-order valence-corrected chi connectivity index (χ2v) is 5.34. The summed E-state index contributed by atoms with van der Waals surface area (Å²) in [4.78, 5) is 4.16. The molecule has 2 atom stereocenters. The van der Waals surface area contributed by atoms with E-state index < -0.39 is 24.5 Å². The van der Waals surface area contributed by atoms with Crippen molar-refractivity contribution in [3.8, 4) is 0 Å². The van der Waals surface area contributed by atoms with Crippen molar-refractivity contribution in [1.82, 2.24) is 10.3 Å². The lowest BCUT2D eigenvalue weighted by atomic mass is 9.87. The number of piperidine rings is 1. The number of alkyl halides is 1. The lowest BCUT2D eigenvalue weighted by Gasteiger charge is -2.31.